The number of aromatic nitrogens is 1. The van der Waals surface area contributed by atoms with Crippen LogP contribution in [0.3, 0.4) is 0 Å². The summed E-state index contributed by atoms with van der Waals surface area (Å²) in [6, 6.07) is 7.36. The standard InChI is InChI=1S/C18H21N3O2/c1-4-7-20-17(22)14-9-15(11-19-10-14)18(23)21-16-6-5-12(2)8-13(16)3/h5-6,8-11H,4,7H2,1-3H3,(H,20,22)(H,21,23). The molecular weight excluding hydrogens is 290 g/mol. The lowest BCUT2D eigenvalue weighted by molar-refractivity contribution is 0.0953. The molecule has 0 fully saturated rings. The van der Waals surface area contributed by atoms with E-state index in [1.54, 1.807) is 6.07 Å². The topological polar surface area (TPSA) is 71.1 Å². The summed E-state index contributed by atoms with van der Waals surface area (Å²) in [5, 5.41) is 5.62. The normalized spacial score (nSPS) is 10.2. The van der Waals surface area contributed by atoms with Gasteiger partial charge < -0.3 is 10.6 Å². The Morgan fingerprint density at radius 2 is 1.74 bits per heavy atom. The predicted octanol–water partition coefficient (Wildman–Crippen LogP) is 3.09. The van der Waals surface area contributed by atoms with Gasteiger partial charge in [0.2, 0.25) is 0 Å². The lowest BCUT2D eigenvalue weighted by atomic mass is 10.1. The molecule has 0 aliphatic carbocycles. The summed E-state index contributed by atoms with van der Waals surface area (Å²) >= 11 is 0. The fourth-order valence-electron chi connectivity index (χ4n) is 2.18. The minimum Gasteiger partial charge on any atom is -0.352 e. The van der Waals surface area contributed by atoms with Crippen LogP contribution in [-0.4, -0.2) is 23.3 Å². The van der Waals surface area contributed by atoms with Crippen LogP contribution in [0.1, 0.15) is 45.2 Å². The van der Waals surface area contributed by atoms with Crippen LogP contribution >= 0.6 is 0 Å². The number of carbonyl (C=O) groups excluding carboxylic acids is 2. The van der Waals surface area contributed by atoms with E-state index in [0.29, 0.717) is 17.7 Å². The smallest absolute Gasteiger partial charge is 0.257 e. The number of aryl methyl sites for hydroxylation is 2. The third kappa shape index (κ3) is 4.39. The predicted molar refractivity (Wildman–Crippen MR) is 90.7 cm³/mol. The number of amides is 2. The van der Waals surface area contributed by atoms with Crippen LogP contribution in [0, 0.1) is 13.8 Å². The maximum atomic E-state index is 12.4. The van der Waals surface area contributed by atoms with Gasteiger partial charge in [0.25, 0.3) is 11.8 Å². The van der Waals surface area contributed by atoms with E-state index >= 15 is 0 Å². The summed E-state index contributed by atoms with van der Waals surface area (Å²) < 4.78 is 0. The van der Waals surface area contributed by atoms with Crippen molar-refractivity contribution in [2.75, 3.05) is 11.9 Å². The van der Waals surface area contributed by atoms with Crippen LogP contribution in [0.2, 0.25) is 0 Å². The molecule has 0 atom stereocenters. The van der Waals surface area contributed by atoms with Crippen molar-refractivity contribution in [3.05, 3.63) is 58.9 Å². The second kappa shape index (κ2) is 7.54. The van der Waals surface area contributed by atoms with Gasteiger partial charge >= 0.3 is 0 Å². The maximum absolute atomic E-state index is 12.4. The average Bonchev–Trinajstić information content (AvgIpc) is 2.55. The van der Waals surface area contributed by atoms with Crippen molar-refractivity contribution >= 4 is 17.5 Å². The van der Waals surface area contributed by atoms with Gasteiger partial charge in [0.15, 0.2) is 0 Å². The second-order valence-electron chi connectivity index (χ2n) is 5.49. The number of rotatable bonds is 5. The molecule has 2 aromatic rings. The van der Waals surface area contributed by atoms with Gasteiger partial charge in [0.1, 0.15) is 0 Å². The van der Waals surface area contributed by atoms with Crippen molar-refractivity contribution in [1.82, 2.24) is 10.3 Å². The van der Waals surface area contributed by atoms with Gasteiger partial charge in [-0.3, -0.25) is 14.6 Å². The number of anilines is 1. The van der Waals surface area contributed by atoms with Gasteiger partial charge in [-0.1, -0.05) is 24.6 Å². The molecule has 0 unspecified atom stereocenters. The molecule has 2 rings (SSSR count). The van der Waals surface area contributed by atoms with Crippen molar-refractivity contribution in [3.63, 3.8) is 0 Å². The number of nitrogens with one attached hydrogen (secondary N) is 2. The number of benzene rings is 1. The average molecular weight is 311 g/mol. The molecule has 2 amide bonds. The van der Waals surface area contributed by atoms with Crippen molar-refractivity contribution < 1.29 is 9.59 Å². The maximum Gasteiger partial charge on any atom is 0.257 e. The zero-order valence-corrected chi connectivity index (χ0v) is 13.6. The lowest BCUT2D eigenvalue weighted by Gasteiger charge is -2.10. The zero-order valence-electron chi connectivity index (χ0n) is 13.6. The minimum absolute atomic E-state index is 0.222. The molecule has 2 N–H and O–H groups in total. The molecule has 0 aliphatic heterocycles. The minimum atomic E-state index is -0.283. The Morgan fingerprint density at radius 3 is 2.39 bits per heavy atom. The van der Waals surface area contributed by atoms with E-state index in [1.165, 1.54) is 12.4 Å². The molecule has 0 saturated carbocycles. The van der Waals surface area contributed by atoms with Crippen LogP contribution in [0.4, 0.5) is 5.69 Å². The Bertz CT molecular complexity index is 726. The number of hydrogen-bond donors (Lipinski definition) is 2. The van der Waals surface area contributed by atoms with E-state index in [0.717, 1.165) is 23.2 Å². The fraction of sp³-hybridized carbons (Fsp3) is 0.278. The highest BCUT2D eigenvalue weighted by Crippen LogP contribution is 2.17. The molecule has 1 aromatic carbocycles. The number of hydrogen-bond acceptors (Lipinski definition) is 3. The largest absolute Gasteiger partial charge is 0.352 e. The summed E-state index contributed by atoms with van der Waals surface area (Å²) in [6.07, 6.45) is 3.76. The van der Waals surface area contributed by atoms with Crippen LogP contribution in [0.15, 0.2) is 36.7 Å². The Balaban J connectivity index is 2.15. The van der Waals surface area contributed by atoms with Crippen LogP contribution in [-0.2, 0) is 0 Å². The number of pyridine rings is 1. The highest BCUT2D eigenvalue weighted by molar-refractivity contribution is 6.06. The summed E-state index contributed by atoms with van der Waals surface area (Å²) in [5.41, 5.74) is 3.61. The Labute approximate surface area is 136 Å². The Morgan fingerprint density at radius 1 is 1.04 bits per heavy atom. The van der Waals surface area contributed by atoms with E-state index in [-0.39, 0.29) is 11.8 Å². The van der Waals surface area contributed by atoms with Gasteiger partial charge in [-0.25, -0.2) is 0 Å². The highest BCUT2D eigenvalue weighted by Gasteiger charge is 2.12. The molecule has 1 heterocycles. The lowest BCUT2D eigenvalue weighted by Crippen LogP contribution is -2.24. The molecule has 23 heavy (non-hydrogen) atoms. The number of carbonyl (C=O) groups is 2. The van der Waals surface area contributed by atoms with Crippen LogP contribution < -0.4 is 10.6 Å². The monoisotopic (exact) mass is 311 g/mol. The Kier molecular flexibility index (Phi) is 5.46. The molecule has 1 aromatic heterocycles. The third-order valence-corrected chi connectivity index (χ3v) is 3.43. The summed E-state index contributed by atoms with van der Waals surface area (Å²) in [7, 11) is 0. The zero-order chi connectivity index (χ0) is 16.8. The first-order valence-corrected chi connectivity index (χ1v) is 7.63. The van der Waals surface area contributed by atoms with Gasteiger partial charge in [-0.2, -0.15) is 0 Å². The first kappa shape index (κ1) is 16.7. The summed E-state index contributed by atoms with van der Waals surface area (Å²) in [4.78, 5) is 28.3. The van der Waals surface area contributed by atoms with Crippen LogP contribution in [0.5, 0.6) is 0 Å². The molecule has 120 valence electrons. The van der Waals surface area contributed by atoms with E-state index in [4.69, 9.17) is 0 Å². The number of nitrogens with zero attached hydrogens (tertiary/aromatic N) is 1. The van der Waals surface area contributed by atoms with Gasteiger partial charge in [0, 0.05) is 24.6 Å². The second-order valence-corrected chi connectivity index (χ2v) is 5.49. The van der Waals surface area contributed by atoms with E-state index < -0.39 is 0 Å². The van der Waals surface area contributed by atoms with Gasteiger partial charge in [-0.05, 0) is 38.0 Å². The molecule has 0 radical (unpaired) electrons. The molecule has 0 aliphatic rings. The molecular formula is C18H21N3O2. The summed E-state index contributed by atoms with van der Waals surface area (Å²) in [6.45, 7) is 6.51. The Hall–Kier alpha value is -2.69. The third-order valence-electron chi connectivity index (χ3n) is 3.43. The molecule has 5 heteroatoms. The molecule has 0 saturated heterocycles. The van der Waals surface area contributed by atoms with Crippen molar-refractivity contribution in [2.24, 2.45) is 0 Å². The van der Waals surface area contributed by atoms with E-state index in [1.807, 2.05) is 39.0 Å². The SMILES string of the molecule is CCCNC(=O)c1cncc(C(=O)Nc2ccc(C)cc2C)c1. The fourth-order valence-corrected chi connectivity index (χ4v) is 2.18. The molecule has 0 spiro atoms. The highest BCUT2D eigenvalue weighted by atomic mass is 16.2. The van der Waals surface area contributed by atoms with Gasteiger partial charge in [0.05, 0.1) is 11.1 Å². The first-order chi connectivity index (χ1) is 11.0. The molecule has 5 nitrogen and oxygen atoms in total. The quantitative estimate of drug-likeness (QED) is 0.891. The van der Waals surface area contributed by atoms with E-state index in [2.05, 4.69) is 15.6 Å². The van der Waals surface area contributed by atoms with Crippen molar-refractivity contribution in [3.8, 4) is 0 Å². The summed E-state index contributed by atoms with van der Waals surface area (Å²) in [5.74, 6) is -0.505. The van der Waals surface area contributed by atoms with Gasteiger partial charge in [-0.15, -0.1) is 0 Å². The van der Waals surface area contributed by atoms with Crippen molar-refractivity contribution in [2.45, 2.75) is 27.2 Å². The van der Waals surface area contributed by atoms with E-state index in [9.17, 15) is 9.59 Å². The van der Waals surface area contributed by atoms with Crippen molar-refractivity contribution in [1.29, 1.82) is 0 Å². The molecule has 0 bridgehead atoms. The first-order valence-electron chi connectivity index (χ1n) is 7.63. The van der Waals surface area contributed by atoms with Crippen LogP contribution in [0.25, 0.3) is 0 Å².